The Labute approximate surface area is 182 Å². The Kier molecular flexibility index (Phi) is 5.03. The Morgan fingerprint density at radius 3 is 2.61 bits per heavy atom. The largest absolute Gasteiger partial charge is 0.319 e. The van der Waals surface area contributed by atoms with E-state index in [1.54, 1.807) is 18.3 Å². The Balaban J connectivity index is 1.61. The molecule has 3 heterocycles. The van der Waals surface area contributed by atoms with E-state index in [0.29, 0.717) is 17.2 Å². The molecule has 160 valence electrons. The lowest BCUT2D eigenvalue weighted by Gasteiger charge is -2.38. The first-order valence-corrected chi connectivity index (χ1v) is 12.4. The number of fused-ring (bicyclic) bond motifs is 1. The van der Waals surface area contributed by atoms with Crippen molar-refractivity contribution in [2.24, 2.45) is 5.92 Å². The molecule has 2 fully saturated rings. The van der Waals surface area contributed by atoms with Crippen molar-refractivity contribution in [2.45, 2.75) is 62.4 Å². The van der Waals surface area contributed by atoms with E-state index < -0.39 is 10.0 Å². The number of pyridine rings is 2. The Morgan fingerprint density at radius 2 is 2.03 bits per heavy atom. The van der Waals surface area contributed by atoms with Gasteiger partial charge in [0, 0.05) is 29.9 Å². The zero-order valence-electron chi connectivity index (χ0n) is 17.5. The zero-order valence-corrected chi connectivity index (χ0v) is 18.3. The number of sulfonamides is 1. The molecule has 2 aliphatic carbocycles. The van der Waals surface area contributed by atoms with Crippen LogP contribution in [0.2, 0.25) is 0 Å². The van der Waals surface area contributed by atoms with E-state index in [1.807, 2.05) is 12.1 Å². The van der Waals surface area contributed by atoms with Gasteiger partial charge in [-0.05, 0) is 55.9 Å². The van der Waals surface area contributed by atoms with Crippen molar-refractivity contribution in [1.29, 1.82) is 5.26 Å². The molecule has 8 heteroatoms. The third kappa shape index (κ3) is 3.33. The molecule has 7 nitrogen and oxygen atoms in total. The van der Waals surface area contributed by atoms with E-state index in [0.717, 1.165) is 55.3 Å². The van der Waals surface area contributed by atoms with Gasteiger partial charge in [0.25, 0.3) is 0 Å². The van der Waals surface area contributed by atoms with Gasteiger partial charge < -0.3 is 4.57 Å². The van der Waals surface area contributed by atoms with Gasteiger partial charge in [-0.1, -0.05) is 19.8 Å². The number of nitriles is 1. The Bertz CT molecular complexity index is 1270. The molecule has 0 radical (unpaired) electrons. The monoisotopic (exact) mass is 435 g/mol. The van der Waals surface area contributed by atoms with Gasteiger partial charge >= 0.3 is 0 Å². The van der Waals surface area contributed by atoms with Gasteiger partial charge in [0.05, 0.1) is 17.0 Å². The lowest BCUT2D eigenvalue weighted by Crippen LogP contribution is -2.39. The minimum Gasteiger partial charge on any atom is -0.319 e. The summed E-state index contributed by atoms with van der Waals surface area (Å²) in [6.45, 7) is 2.19. The molecular weight excluding hydrogens is 410 g/mol. The van der Waals surface area contributed by atoms with Crippen molar-refractivity contribution < 1.29 is 8.42 Å². The molecule has 2 unspecified atom stereocenters. The summed E-state index contributed by atoms with van der Waals surface area (Å²) in [5.41, 5.74) is 2.66. The zero-order chi connectivity index (χ0) is 21.6. The molecule has 0 bridgehead atoms. The van der Waals surface area contributed by atoms with Crippen LogP contribution >= 0.6 is 0 Å². The molecule has 0 amide bonds. The maximum atomic E-state index is 12.6. The van der Waals surface area contributed by atoms with Crippen molar-refractivity contribution in [3.63, 3.8) is 0 Å². The summed E-state index contributed by atoms with van der Waals surface area (Å²) in [7, 11) is -3.59. The van der Waals surface area contributed by atoms with Crippen LogP contribution in [-0.4, -0.2) is 29.0 Å². The SMILES string of the molecule is CCC1CCC1n1c(-c2ccc(S(=O)(=O)NC3CCC3)cn2)c(C#N)c2cccnc21. The lowest BCUT2D eigenvalue weighted by atomic mass is 9.77. The van der Waals surface area contributed by atoms with Crippen LogP contribution in [0.25, 0.3) is 22.4 Å². The van der Waals surface area contributed by atoms with Gasteiger partial charge in [-0.2, -0.15) is 5.26 Å². The quantitative estimate of drug-likeness (QED) is 0.626. The highest BCUT2D eigenvalue weighted by molar-refractivity contribution is 7.89. The van der Waals surface area contributed by atoms with Gasteiger partial charge in [-0.15, -0.1) is 0 Å². The first kappa shape index (κ1) is 20.2. The van der Waals surface area contributed by atoms with Crippen molar-refractivity contribution in [3.05, 3.63) is 42.2 Å². The van der Waals surface area contributed by atoms with Gasteiger partial charge in [0.2, 0.25) is 10.0 Å². The molecule has 0 saturated heterocycles. The van der Waals surface area contributed by atoms with Gasteiger partial charge in [-0.3, -0.25) is 4.98 Å². The molecule has 0 aromatic carbocycles. The van der Waals surface area contributed by atoms with Gasteiger partial charge in [-0.25, -0.2) is 18.1 Å². The fraction of sp³-hybridized carbons (Fsp3) is 0.435. The third-order valence-corrected chi connectivity index (χ3v) is 8.33. The van der Waals surface area contributed by atoms with Crippen LogP contribution in [-0.2, 0) is 10.0 Å². The highest BCUT2D eigenvalue weighted by atomic mass is 32.2. The first-order valence-electron chi connectivity index (χ1n) is 10.9. The molecule has 1 N–H and O–H groups in total. The molecule has 5 rings (SSSR count). The highest BCUT2D eigenvalue weighted by Crippen LogP contribution is 2.46. The molecule has 2 saturated carbocycles. The molecule has 3 aromatic heterocycles. The maximum absolute atomic E-state index is 12.6. The predicted molar refractivity (Wildman–Crippen MR) is 118 cm³/mol. The highest BCUT2D eigenvalue weighted by Gasteiger charge is 2.35. The summed E-state index contributed by atoms with van der Waals surface area (Å²) < 4.78 is 30.2. The van der Waals surface area contributed by atoms with E-state index >= 15 is 0 Å². The Hall–Kier alpha value is -2.76. The summed E-state index contributed by atoms with van der Waals surface area (Å²) in [6, 6.07) is 9.68. The maximum Gasteiger partial charge on any atom is 0.242 e. The van der Waals surface area contributed by atoms with Crippen LogP contribution in [0, 0.1) is 17.2 Å². The number of hydrogen-bond donors (Lipinski definition) is 1. The van der Waals surface area contributed by atoms with Crippen LogP contribution in [0.4, 0.5) is 0 Å². The van der Waals surface area contributed by atoms with Crippen molar-refractivity contribution in [1.82, 2.24) is 19.3 Å². The smallest absolute Gasteiger partial charge is 0.242 e. The molecule has 31 heavy (non-hydrogen) atoms. The average molecular weight is 436 g/mol. The van der Waals surface area contributed by atoms with E-state index in [1.165, 1.54) is 6.20 Å². The summed E-state index contributed by atoms with van der Waals surface area (Å²) in [4.78, 5) is 9.25. The summed E-state index contributed by atoms with van der Waals surface area (Å²) in [6.07, 6.45) is 9.22. The van der Waals surface area contributed by atoms with E-state index in [2.05, 4.69) is 32.3 Å². The lowest BCUT2D eigenvalue weighted by molar-refractivity contribution is 0.182. The van der Waals surface area contributed by atoms with Crippen molar-refractivity contribution >= 4 is 21.1 Å². The fourth-order valence-electron chi connectivity index (χ4n) is 4.69. The number of rotatable bonds is 6. The molecule has 3 aromatic rings. The van der Waals surface area contributed by atoms with Crippen LogP contribution in [0.5, 0.6) is 0 Å². The second-order valence-corrected chi connectivity index (χ2v) is 10.2. The predicted octanol–water partition coefficient (Wildman–Crippen LogP) is 4.16. The number of nitrogens with one attached hydrogen (secondary N) is 1. The molecule has 0 spiro atoms. The van der Waals surface area contributed by atoms with Crippen molar-refractivity contribution in [3.8, 4) is 17.5 Å². The van der Waals surface area contributed by atoms with Crippen molar-refractivity contribution in [2.75, 3.05) is 0 Å². The first-order chi connectivity index (χ1) is 15.0. The Morgan fingerprint density at radius 1 is 1.19 bits per heavy atom. The number of nitrogens with zero attached hydrogens (tertiary/aromatic N) is 4. The third-order valence-electron chi connectivity index (χ3n) is 6.82. The van der Waals surface area contributed by atoms with E-state index in [-0.39, 0.29) is 17.0 Å². The minimum atomic E-state index is -3.59. The van der Waals surface area contributed by atoms with Gasteiger partial charge in [0.15, 0.2) is 0 Å². The minimum absolute atomic E-state index is 0.0214. The number of aromatic nitrogens is 3. The van der Waals surface area contributed by atoms with Gasteiger partial charge in [0.1, 0.15) is 16.6 Å². The molecular formula is C23H25N5O2S. The van der Waals surface area contributed by atoms with Crippen LogP contribution < -0.4 is 4.72 Å². The molecule has 0 aliphatic heterocycles. The second-order valence-electron chi connectivity index (χ2n) is 8.52. The second kappa shape index (κ2) is 7.74. The summed E-state index contributed by atoms with van der Waals surface area (Å²) in [5, 5.41) is 10.8. The molecule has 2 atom stereocenters. The molecule has 2 aliphatic rings. The standard InChI is InChI=1S/C23H25N5O2S/c1-2-15-8-11-21(15)28-22(19(13-24)18-7-4-12-25-23(18)28)20-10-9-17(14-26-20)31(29,30)27-16-5-3-6-16/h4,7,9-10,12,14-16,21,27H,2-3,5-6,8,11H2,1H3. The summed E-state index contributed by atoms with van der Waals surface area (Å²) in [5.74, 6) is 0.536. The normalized spacial score (nSPS) is 21.4. The van der Waals surface area contributed by atoms with Crippen LogP contribution in [0.1, 0.15) is 57.1 Å². The van der Waals surface area contributed by atoms with E-state index in [9.17, 15) is 13.7 Å². The topological polar surface area (TPSA) is 101 Å². The average Bonchev–Trinajstić information content (AvgIpc) is 3.05. The number of hydrogen-bond acceptors (Lipinski definition) is 5. The van der Waals surface area contributed by atoms with Crippen LogP contribution in [0.15, 0.2) is 41.6 Å². The van der Waals surface area contributed by atoms with E-state index in [4.69, 9.17) is 0 Å². The van der Waals surface area contributed by atoms with Crippen LogP contribution in [0.3, 0.4) is 0 Å². The summed E-state index contributed by atoms with van der Waals surface area (Å²) >= 11 is 0. The fourth-order valence-corrected chi connectivity index (χ4v) is 5.94.